The molecule has 0 aliphatic carbocycles. The molecule has 0 saturated carbocycles. The Bertz CT molecular complexity index is 961. The lowest BCUT2D eigenvalue weighted by Gasteiger charge is -2.19. The molecule has 1 aliphatic rings. The number of nitrogens with zero attached hydrogens (tertiary/aromatic N) is 4. The molecule has 2 aromatic heterocycles. The summed E-state index contributed by atoms with van der Waals surface area (Å²) in [5.74, 6) is 0.149. The number of ether oxygens (including phenoxy) is 1. The van der Waals surface area contributed by atoms with Crippen LogP contribution in [0.2, 0.25) is 0 Å². The van der Waals surface area contributed by atoms with Gasteiger partial charge in [0.05, 0.1) is 12.9 Å². The second kappa shape index (κ2) is 7.95. The average Bonchev–Trinajstić information content (AvgIpc) is 3.14. The van der Waals surface area contributed by atoms with E-state index in [0.29, 0.717) is 16.3 Å². The number of phosphoric acid groups is 2. The standard InChI is InChI=1S/C11H17N5O9P2S/c1-28-11-14-9(12)8-10(15-11)16(4-13-8)7-2-5(25-27(20,21)22)6(24-7)3-23-26(17,18)19/h4-7H,2-3H2,1H3,(H2,12,14,15)(H2,17,18,19)(H2,20,21,22)/t5-,6+,7+/m0/s1. The summed E-state index contributed by atoms with van der Waals surface area (Å²) in [4.78, 5) is 48.4. The average molecular weight is 457 g/mol. The number of imidazole rings is 1. The highest BCUT2D eigenvalue weighted by molar-refractivity contribution is 7.98. The Morgan fingerprint density at radius 3 is 2.64 bits per heavy atom. The number of nitrogens with two attached hydrogens (primary N) is 1. The van der Waals surface area contributed by atoms with Gasteiger partial charge in [0, 0.05) is 6.42 Å². The molecule has 17 heteroatoms. The van der Waals surface area contributed by atoms with E-state index in [1.165, 1.54) is 22.7 Å². The van der Waals surface area contributed by atoms with Crippen LogP contribution in [-0.4, -0.2) is 64.2 Å². The van der Waals surface area contributed by atoms with Crippen LogP contribution in [0.3, 0.4) is 0 Å². The zero-order valence-corrected chi connectivity index (χ0v) is 16.8. The van der Waals surface area contributed by atoms with Gasteiger partial charge in [-0.15, -0.1) is 0 Å². The van der Waals surface area contributed by atoms with Gasteiger partial charge in [0.2, 0.25) is 0 Å². The Morgan fingerprint density at radius 2 is 2.04 bits per heavy atom. The molecule has 1 aliphatic heterocycles. The molecule has 0 radical (unpaired) electrons. The van der Waals surface area contributed by atoms with Gasteiger partial charge < -0.3 is 30.0 Å². The fourth-order valence-electron chi connectivity index (χ4n) is 2.70. The van der Waals surface area contributed by atoms with Crippen LogP contribution >= 0.6 is 27.4 Å². The van der Waals surface area contributed by atoms with Gasteiger partial charge in [0.1, 0.15) is 24.0 Å². The molecule has 156 valence electrons. The van der Waals surface area contributed by atoms with E-state index in [1.54, 1.807) is 6.26 Å². The van der Waals surface area contributed by atoms with Crippen molar-refractivity contribution in [1.82, 2.24) is 19.5 Å². The van der Waals surface area contributed by atoms with Crippen LogP contribution in [0.1, 0.15) is 12.6 Å². The van der Waals surface area contributed by atoms with Crippen LogP contribution in [0.5, 0.6) is 0 Å². The molecule has 3 rings (SSSR count). The van der Waals surface area contributed by atoms with Crippen LogP contribution in [0, 0.1) is 0 Å². The third-order valence-electron chi connectivity index (χ3n) is 3.78. The summed E-state index contributed by atoms with van der Waals surface area (Å²) >= 11 is 1.25. The summed E-state index contributed by atoms with van der Waals surface area (Å²) in [5.41, 5.74) is 6.50. The van der Waals surface area contributed by atoms with Gasteiger partial charge in [-0.1, -0.05) is 11.8 Å². The number of rotatable bonds is 7. The van der Waals surface area contributed by atoms with Gasteiger partial charge in [-0.05, 0) is 6.26 Å². The van der Waals surface area contributed by atoms with Gasteiger partial charge in [-0.25, -0.2) is 24.1 Å². The molecule has 0 spiro atoms. The number of thioether (sulfide) groups is 1. The van der Waals surface area contributed by atoms with E-state index >= 15 is 0 Å². The predicted molar refractivity (Wildman–Crippen MR) is 95.0 cm³/mol. The Hall–Kier alpha value is -1.12. The first-order chi connectivity index (χ1) is 13.0. The van der Waals surface area contributed by atoms with E-state index in [0.717, 1.165) is 0 Å². The van der Waals surface area contributed by atoms with Crippen LogP contribution in [0.4, 0.5) is 5.82 Å². The molecule has 1 fully saturated rings. The molecule has 0 aromatic carbocycles. The van der Waals surface area contributed by atoms with E-state index in [-0.39, 0.29) is 12.2 Å². The topological polar surface area (TPSA) is 212 Å². The molecule has 3 atom stereocenters. The molecule has 2 aromatic rings. The number of fused-ring (bicyclic) bond motifs is 1. The normalized spacial score (nSPS) is 23.5. The highest BCUT2D eigenvalue weighted by Gasteiger charge is 2.42. The van der Waals surface area contributed by atoms with Crippen LogP contribution in [0.15, 0.2) is 11.5 Å². The Balaban J connectivity index is 1.90. The quantitative estimate of drug-likeness (QED) is 0.210. The molecule has 14 nitrogen and oxygen atoms in total. The third kappa shape index (κ3) is 5.07. The molecule has 0 amide bonds. The van der Waals surface area contributed by atoms with Crippen molar-refractivity contribution >= 4 is 44.4 Å². The summed E-state index contributed by atoms with van der Waals surface area (Å²) in [7, 11) is -9.71. The van der Waals surface area contributed by atoms with Gasteiger partial charge in [0.15, 0.2) is 16.6 Å². The van der Waals surface area contributed by atoms with E-state index in [1.807, 2.05) is 0 Å². The van der Waals surface area contributed by atoms with Crippen molar-refractivity contribution in [3.63, 3.8) is 0 Å². The number of nitrogen functional groups attached to an aromatic ring is 1. The lowest BCUT2D eigenvalue weighted by molar-refractivity contribution is -0.0417. The molecule has 6 N–H and O–H groups in total. The van der Waals surface area contributed by atoms with Gasteiger partial charge >= 0.3 is 15.6 Å². The van der Waals surface area contributed by atoms with E-state index in [4.69, 9.17) is 34.6 Å². The number of hydrogen-bond donors (Lipinski definition) is 5. The summed E-state index contributed by atoms with van der Waals surface area (Å²) in [6.07, 6.45) is -0.158. The molecule has 0 bridgehead atoms. The van der Waals surface area contributed by atoms with E-state index in [2.05, 4.69) is 19.5 Å². The van der Waals surface area contributed by atoms with Crippen molar-refractivity contribution in [1.29, 1.82) is 0 Å². The Morgan fingerprint density at radius 1 is 1.32 bits per heavy atom. The first-order valence-corrected chi connectivity index (χ1v) is 11.9. The SMILES string of the molecule is CSc1nc(N)c2ncn([C@H]3C[C@H](OP(=O)(O)O)[C@@H](COP(=O)(O)O)O3)c2n1. The van der Waals surface area contributed by atoms with Crippen LogP contribution in [-0.2, 0) is 22.9 Å². The Labute approximate surface area is 161 Å². The number of hydrogen-bond acceptors (Lipinski definition) is 10. The molecule has 0 unspecified atom stereocenters. The molecule has 1 saturated heterocycles. The largest absolute Gasteiger partial charge is 0.469 e. The van der Waals surface area contributed by atoms with Crippen molar-refractivity contribution in [3.05, 3.63) is 6.33 Å². The van der Waals surface area contributed by atoms with Crippen molar-refractivity contribution in [2.45, 2.75) is 30.0 Å². The second-order valence-corrected chi connectivity index (χ2v) is 8.91. The monoisotopic (exact) mass is 457 g/mol. The first kappa shape index (κ1) is 21.6. The van der Waals surface area contributed by atoms with Gasteiger partial charge in [-0.3, -0.25) is 13.6 Å². The highest BCUT2D eigenvalue weighted by Crippen LogP contribution is 2.45. The molecule has 28 heavy (non-hydrogen) atoms. The molecular weight excluding hydrogens is 440 g/mol. The minimum absolute atomic E-state index is 0.0652. The van der Waals surface area contributed by atoms with Crippen LogP contribution in [0.25, 0.3) is 11.2 Å². The predicted octanol–water partition coefficient (Wildman–Crippen LogP) is 0.00510. The fourth-order valence-corrected chi connectivity index (χ4v) is 3.98. The van der Waals surface area contributed by atoms with Crippen LogP contribution < -0.4 is 5.73 Å². The third-order valence-corrected chi connectivity index (χ3v) is 5.36. The number of phosphoric ester groups is 2. The maximum atomic E-state index is 11.2. The maximum Gasteiger partial charge on any atom is 0.469 e. The molecular formula is C11H17N5O9P2S. The zero-order valence-electron chi connectivity index (χ0n) is 14.2. The lowest BCUT2D eigenvalue weighted by Crippen LogP contribution is -2.28. The molecule has 3 heterocycles. The highest BCUT2D eigenvalue weighted by atomic mass is 32.2. The van der Waals surface area contributed by atoms with Crippen molar-refractivity contribution in [2.24, 2.45) is 0 Å². The zero-order chi connectivity index (χ0) is 20.7. The fraction of sp³-hybridized carbons (Fsp3) is 0.545. The first-order valence-electron chi connectivity index (χ1n) is 7.60. The van der Waals surface area contributed by atoms with Crippen molar-refractivity contribution in [2.75, 3.05) is 18.6 Å². The summed E-state index contributed by atoms with van der Waals surface area (Å²) in [6.45, 7) is -0.648. The second-order valence-electron chi connectivity index (χ2n) is 5.71. The maximum absolute atomic E-state index is 11.2. The van der Waals surface area contributed by atoms with Gasteiger partial charge in [0.25, 0.3) is 0 Å². The number of aromatic nitrogens is 4. The lowest BCUT2D eigenvalue weighted by atomic mass is 10.2. The summed E-state index contributed by atoms with van der Waals surface area (Å²) < 4.78 is 38.4. The van der Waals surface area contributed by atoms with E-state index < -0.39 is 40.7 Å². The van der Waals surface area contributed by atoms with Crippen molar-refractivity contribution < 1.29 is 42.5 Å². The Kier molecular flexibility index (Phi) is 6.13. The minimum Gasteiger partial charge on any atom is -0.382 e. The van der Waals surface area contributed by atoms with Crippen molar-refractivity contribution in [3.8, 4) is 0 Å². The smallest absolute Gasteiger partial charge is 0.382 e. The number of anilines is 1. The van der Waals surface area contributed by atoms with Gasteiger partial charge in [-0.2, -0.15) is 0 Å². The van der Waals surface area contributed by atoms with E-state index in [9.17, 15) is 9.13 Å². The summed E-state index contributed by atoms with van der Waals surface area (Å²) in [5, 5.41) is 0.383. The summed E-state index contributed by atoms with van der Waals surface area (Å²) in [6, 6.07) is 0. The minimum atomic E-state index is -4.89.